The number of benzene rings is 1. The van der Waals surface area contributed by atoms with Crippen molar-refractivity contribution in [1.29, 1.82) is 5.26 Å². The number of hydrogen-bond acceptors (Lipinski definition) is 5. The zero-order valence-corrected chi connectivity index (χ0v) is 12.2. The van der Waals surface area contributed by atoms with Crippen LogP contribution in [0.5, 0.6) is 0 Å². The molecule has 0 spiro atoms. The van der Waals surface area contributed by atoms with Gasteiger partial charge in [-0.05, 0) is 31.0 Å². The molecule has 0 amide bonds. The van der Waals surface area contributed by atoms with Crippen molar-refractivity contribution in [3.05, 3.63) is 29.8 Å². The molecule has 0 saturated heterocycles. The smallest absolute Gasteiger partial charge is 0.179 e. The van der Waals surface area contributed by atoms with Gasteiger partial charge in [0.2, 0.25) is 0 Å². The molecule has 0 heterocycles. The highest BCUT2D eigenvalue weighted by Gasteiger charge is 2.28. The van der Waals surface area contributed by atoms with E-state index in [0.717, 1.165) is 12.8 Å². The lowest BCUT2D eigenvalue weighted by Gasteiger charge is -2.34. The van der Waals surface area contributed by atoms with Gasteiger partial charge in [0.1, 0.15) is 0 Å². The average Bonchev–Trinajstić information content (AvgIpc) is 2.41. The lowest BCUT2D eigenvalue weighted by Crippen LogP contribution is -2.46. The summed E-state index contributed by atoms with van der Waals surface area (Å²) in [6, 6.07) is 8.43. The van der Waals surface area contributed by atoms with Gasteiger partial charge in [-0.3, -0.25) is 0 Å². The molecule has 1 aliphatic carbocycles. The van der Waals surface area contributed by atoms with Crippen LogP contribution >= 0.6 is 0 Å². The SMILES string of the molecule is COC1CC(NCCS(=O)(=O)c2cccc(C#N)c2)C1. The van der Waals surface area contributed by atoms with Gasteiger partial charge in [0.25, 0.3) is 0 Å². The number of nitriles is 1. The molecular formula is C14H18N2O3S. The molecule has 2 rings (SSSR count). The molecular weight excluding hydrogens is 276 g/mol. The van der Waals surface area contributed by atoms with Crippen molar-refractivity contribution in [3.8, 4) is 6.07 Å². The van der Waals surface area contributed by atoms with E-state index in [1.54, 1.807) is 19.2 Å². The molecule has 20 heavy (non-hydrogen) atoms. The predicted molar refractivity (Wildman–Crippen MR) is 75.0 cm³/mol. The van der Waals surface area contributed by atoms with Crippen molar-refractivity contribution in [3.63, 3.8) is 0 Å². The minimum Gasteiger partial charge on any atom is -0.381 e. The van der Waals surface area contributed by atoms with Crippen molar-refractivity contribution in [2.24, 2.45) is 0 Å². The Bertz CT molecular complexity index is 601. The van der Waals surface area contributed by atoms with E-state index >= 15 is 0 Å². The molecule has 0 aliphatic heterocycles. The Hall–Kier alpha value is -1.42. The van der Waals surface area contributed by atoms with Crippen LogP contribution in [0.1, 0.15) is 18.4 Å². The molecule has 1 N–H and O–H groups in total. The Kier molecular flexibility index (Phi) is 4.76. The monoisotopic (exact) mass is 294 g/mol. The predicted octanol–water partition coefficient (Wildman–Crippen LogP) is 1.10. The highest BCUT2D eigenvalue weighted by molar-refractivity contribution is 7.91. The first-order valence-corrected chi connectivity index (χ1v) is 8.19. The summed E-state index contributed by atoms with van der Waals surface area (Å²) in [6.45, 7) is 0.417. The normalized spacial score (nSPS) is 22.0. The summed E-state index contributed by atoms with van der Waals surface area (Å²) in [4.78, 5) is 0.210. The van der Waals surface area contributed by atoms with Crippen LogP contribution in [0.25, 0.3) is 0 Å². The first kappa shape index (κ1) is 15.0. The van der Waals surface area contributed by atoms with Crippen LogP contribution in [0.4, 0.5) is 0 Å². The van der Waals surface area contributed by atoms with E-state index in [0.29, 0.717) is 24.3 Å². The van der Waals surface area contributed by atoms with Crippen LogP contribution in [-0.4, -0.2) is 40.0 Å². The maximum absolute atomic E-state index is 12.1. The van der Waals surface area contributed by atoms with Crippen LogP contribution in [0.2, 0.25) is 0 Å². The van der Waals surface area contributed by atoms with Crippen molar-refractivity contribution in [2.75, 3.05) is 19.4 Å². The summed E-state index contributed by atoms with van der Waals surface area (Å²) in [7, 11) is -1.65. The summed E-state index contributed by atoms with van der Waals surface area (Å²) >= 11 is 0. The maximum Gasteiger partial charge on any atom is 0.179 e. The quantitative estimate of drug-likeness (QED) is 0.850. The summed E-state index contributed by atoms with van der Waals surface area (Å²) < 4.78 is 29.4. The molecule has 0 unspecified atom stereocenters. The van der Waals surface area contributed by atoms with Crippen molar-refractivity contribution >= 4 is 9.84 Å². The molecule has 1 fully saturated rings. The molecule has 5 nitrogen and oxygen atoms in total. The van der Waals surface area contributed by atoms with Crippen molar-refractivity contribution in [2.45, 2.75) is 29.9 Å². The van der Waals surface area contributed by atoms with Crippen LogP contribution < -0.4 is 5.32 Å². The van der Waals surface area contributed by atoms with E-state index < -0.39 is 9.84 Å². The minimum atomic E-state index is -3.34. The highest BCUT2D eigenvalue weighted by Crippen LogP contribution is 2.22. The second kappa shape index (κ2) is 6.35. The zero-order valence-electron chi connectivity index (χ0n) is 11.4. The Morgan fingerprint density at radius 1 is 1.45 bits per heavy atom. The summed E-state index contributed by atoms with van der Waals surface area (Å²) in [5.41, 5.74) is 0.362. The first-order valence-electron chi connectivity index (χ1n) is 6.54. The van der Waals surface area contributed by atoms with Gasteiger partial charge in [0, 0.05) is 19.7 Å². The number of methoxy groups -OCH3 is 1. The summed E-state index contributed by atoms with van der Waals surface area (Å²) in [5, 5.41) is 12.0. The van der Waals surface area contributed by atoms with Gasteiger partial charge in [0.05, 0.1) is 28.4 Å². The maximum atomic E-state index is 12.1. The Morgan fingerprint density at radius 2 is 2.20 bits per heavy atom. The minimum absolute atomic E-state index is 0.0377. The van der Waals surface area contributed by atoms with Gasteiger partial charge in [-0.15, -0.1) is 0 Å². The fourth-order valence-corrected chi connectivity index (χ4v) is 3.41. The summed E-state index contributed by atoms with van der Waals surface area (Å²) in [5.74, 6) is 0.0377. The third-order valence-electron chi connectivity index (χ3n) is 3.55. The Morgan fingerprint density at radius 3 is 2.85 bits per heavy atom. The molecule has 0 bridgehead atoms. The third kappa shape index (κ3) is 3.57. The van der Waals surface area contributed by atoms with Crippen molar-refractivity contribution in [1.82, 2.24) is 5.32 Å². The molecule has 1 aromatic rings. The van der Waals surface area contributed by atoms with E-state index in [-0.39, 0.29) is 10.6 Å². The molecule has 1 aliphatic rings. The largest absolute Gasteiger partial charge is 0.381 e. The second-order valence-electron chi connectivity index (χ2n) is 4.94. The number of nitrogens with zero attached hydrogens (tertiary/aromatic N) is 1. The fraction of sp³-hybridized carbons (Fsp3) is 0.500. The lowest BCUT2D eigenvalue weighted by molar-refractivity contribution is 0.0181. The third-order valence-corrected chi connectivity index (χ3v) is 5.27. The van der Waals surface area contributed by atoms with Gasteiger partial charge in [-0.2, -0.15) is 5.26 Å². The van der Waals surface area contributed by atoms with Crippen LogP contribution in [-0.2, 0) is 14.6 Å². The van der Waals surface area contributed by atoms with Crippen LogP contribution in [0.3, 0.4) is 0 Å². The highest BCUT2D eigenvalue weighted by atomic mass is 32.2. The van der Waals surface area contributed by atoms with E-state index in [9.17, 15) is 8.42 Å². The van der Waals surface area contributed by atoms with Crippen LogP contribution in [0, 0.1) is 11.3 Å². The van der Waals surface area contributed by atoms with Crippen LogP contribution in [0.15, 0.2) is 29.2 Å². The fourth-order valence-electron chi connectivity index (χ4n) is 2.20. The van der Waals surface area contributed by atoms with Crippen molar-refractivity contribution < 1.29 is 13.2 Å². The van der Waals surface area contributed by atoms with E-state index in [4.69, 9.17) is 10.00 Å². The summed E-state index contributed by atoms with van der Waals surface area (Å²) in [6.07, 6.45) is 2.16. The number of sulfone groups is 1. The number of ether oxygens (including phenoxy) is 1. The number of rotatable bonds is 6. The average molecular weight is 294 g/mol. The molecule has 0 radical (unpaired) electrons. The molecule has 6 heteroatoms. The standard InChI is InChI=1S/C14H18N2O3S/c1-19-13-8-12(9-13)16-5-6-20(17,18)14-4-2-3-11(7-14)10-15/h2-4,7,12-13,16H,5-6,8-9H2,1H3. The topological polar surface area (TPSA) is 79.2 Å². The van der Waals surface area contributed by atoms with E-state index in [1.165, 1.54) is 12.1 Å². The number of hydrogen-bond donors (Lipinski definition) is 1. The van der Waals surface area contributed by atoms with E-state index in [2.05, 4.69) is 5.32 Å². The van der Waals surface area contributed by atoms with Gasteiger partial charge in [-0.25, -0.2) is 8.42 Å². The zero-order chi connectivity index (χ0) is 14.6. The van der Waals surface area contributed by atoms with E-state index in [1.807, 2.05) is 6.07 Å². The van der Waals surface area contributed by atoms with Gasteiger partial charge < -0.3 is 10.1 Å². The lowest BCUT2D eigenvalue weighted by atomic mass is 9.89. The Balaban J connectivity index is 1.86. The van der Waals surface area contributed by atoms with Gasteiger partial charge >= 0.3 is 0 Å². The van der Waals surface area contributed by atoms with Gasteiger partial charge in [-0.1, -0.05) is 6.07 Å². The first-order chi connectivity index (χ1) is 9.55. The van der Waals surface area contributed by atoms with Gasteiger partial charge in [0.15, 0.2) is 9.84 Å². The molecule has 0 atom stereocenters. The number of nitrogens with one attached hydrogen (secondary N) is 1. The molecule has 0 aromatic heterocycles. The Labute approximate surface area is 119 Å². The molecule has 1 saturated carbocycles. The second-order valence-corrected chi connectivity index (χ2v) is 7.05. The molecule has 108 valence electrons. The molecule has 1 aromatic carbocycles.